The van der Waals surface area contributed by atoms with E-state index in [9.17, 15) is 4.79 Å². The predicted octanol–water partition coefficient (Wildman–Crippen LogP) is 2.84. The van der Waals surface area contributed by atoms with Crippen LogP contribution in [0.15, 0.2) is 48.8 Å². The van der Waals surface area contributed by atoms with Crippen molar-refractivity contribution in [1.29, 1.82) is 0 Å². The first-order valence-corrected chi connectivity index (χ1v) is 7.51. The van der Waals surface area contributed by atoms with Gasteiger partial charge in [-0.2, -0.15) is 5.10 Å². The first-order chi connectivity index (χ1) is 11.1. The second kappa shape index (κ2) is 6.48. The van der Waals surface area contributed by atoms with E-state index in [2.05, 4.69) is 20.2 Å². The number of hydrogen-bond acceptors (Lipinski definition) is 3. The zero-order chi connectivity index (χ0) is 16.2. The Balaban J connectivity index is 1.91. The van der Waals surface area contributed by atoms with E-state index in [0.29, 0.717) is 12.2 Å². The predicted molar refractivity (Wildman–Crippen MR) is 86.6 cm³/mol. The molecule has 0 aliphatic rings. The van der Waals surface area contributed by atoms with Crippen LogP contribution in [0.1, 0.15) is 40.5 Å². The van der Waals surface area contributed by atoms with Gasteiger partial charge in [0.25, 0.3) is 5.91 Å². The minimum Gasteiger partial charge on any atom is -0.347 e. The molecule has 3 rings (SSSR count). The van der Waals surface area contributed by atoms with Crippen molar-refractivity contribution in [2.24, 2.45) is 0 Å². The van der Waals surface area contributed by atoms with Gasteiger partial charge in [-0.25, -0.2) is 4.98 Å². The lowest BCUT2D eigenvalue weighted by Gasteiger charge is -2.28. The first-order valence-electron chi connectivity index (χ1n) is 7.51. The summed E-state index contributed by atoms with van der Waals surface area (Å²) in [7, 11) is 0. The number of rotatable bonds is 5. The highest BCUT2D eigenvalue weighted by atomic mass is 16.2. The second-order valence-electron chi connectivity index (χ2n) is 5.49. The third kappa shape index (κ3) is 3.31. The van der Waals surface area contributed by atoms with Crippen molar-refractivity contribution in [3.05, 3.63) is 71.6 Å². The number of benzene rings is 1. The molecular formula is C17H19N5O. The van der Waals surface area contributed by atoms with Gasteiger partial charge in [-0.05, 0) is 25.5 Å². The quantitative estimate of drug-likeness (QED) is 0.760. The van der Waals surface area contributed by atoms with Gasteiger partial charge in [0.05, 0.1) is 12.6 Å². The Labute approximate surface area is 134 Å². The molecule has 118 valence electrons. The monoisotopic (exact) mass is 309 g/mol. The average Bonchev–Trinajstić information content (AvgIpc) is 3.24. The van der Waals surface area contributed by atoms with Crippen LogP contribution in [0.3, 0.4) is 0 Å². The molecule has 0 fully saturated rings. The van der Waals surface area contributed by atoms with Crippen LogP contribution in [-0.2, 0) is 6.54 Å². The Bertz CT molecular complexity index is 763. The summed E-state index contributed by atoms with van der Waals surface area (Å²) in [6.45, 7) is 4.28. The number of nitrogens with zero attached hydrogens (tertiary/aromatic N) is 3. The topological polar surface area (TPSA) is 77.7 Å². The van der Waals surface area contributed by atoms with Gasteiger partial charge in [0.1, 0.15) is 11.5 Å². The van der Waals surface area contributed by atoms with Gasteiger partial charge in [-0.1, -0.05) is 30.3 Å². The number of carbonyl (C=O) groups is 1. The third-order valence-electron chi connectivity index (χ3n) is 3.81. The number of aryl methyl sites for hydroxylation is 1. The molecule has 0 radical (unpaired) electrons. The number of imidazole rings is 1. The van der Waals surface area contributed by atoms with E-state index in [0.717, 1.165) is 17.1 Å². The lowest BCUT2D eigenvalue weighted by molar-refractivity contribution is 0.0663. The van der Waals surface area contributed by atoms with E-state index >= 15 is 0 Å². The molecule has 2 heterocycles. The Hall–Kier alpha value is -2.89. The number of H-pyrrole nitrogens is 2. The lowest BCUT2D eigenvalue weighted by Crippen LogP contribution is -2.33. The molecule has 0 saturated heterocycles. The Morgan fingerprint density at radius 2 is 2.09 bits per heavy atom. The highest BCUT2D eigenvalue weighted by molar-refractivity contribution is 5.92. The Kier molecular flexibility index (Phi) is 4.23. The average molecular weight is 309 g/mol. The normalized spacial score (nSPS) is 12.1. The third-order valence-corrected chi connectivity index (χ3v) is 3.81. The summed E-state index contributed by atoms with van der Waals surface area (Å²) in [4.78, 5) is 22.0. The molecule has 3 aromatic rings. The summed E-state index contributed by atoms with van der Waals surface area (Å²) in [6.07, 6.45) is 3.44. The molecule has 1 amide bonds. The number of hydrogen-bond donors (Lipinski definition) is 2. The summed E-state index contributed by atoms with van der Waals surface area (Å²) < 4.78 is 0. The largest absolute Gasteiger partial charge is 0.347 e. The lowest BCUT2D eigenvalue weighted by atomic mass is 10.1. The van der Waals surface area contributed by atoms with Crippen LogP contribution in [-0.4, -0.2) is 31.0 Å². The summed E-state index contributed by atoms with van der Waals surface area (Å²) in [5.41, 5.74) is 2.34. The Morgan fingerprint density at radius 3 is 2.70 bits per heavy atom. The van der Waals surface area contributed by atoms with Crippen molar-refractivity contribution in [1.82, 2.24) is 25.1 Å². The molecule has 1 aromatic carbocycles. The fraction of sp³-hybridized carbons (Fsp3) is 0.235. The van der Waals surface area contributed by atoms with Gasteiger partial charge in [-0.3, -0.25) is 9.89 Å². The molecule has 2 aromatic heterocycles. The van der Waals surface area contributed by atoms with E-state index in [-0.39, 0.29) is 11.9 Å². The smallest absolute Gasteiger partial charge is 0.275 e. The highest BCUT2D eigenvalue weighted by Gasteiger charge is 2.25. The minimum absolute atomic E-state index is 0.0918. The molecule has 0 bridgehead atoms. The van der Waals surface area contributed by atoms with Crippen LogP contribution in [0.4, 0.5) is 0 Å². The van der Waals surface area contributed by atoms with Crippen LogP contribution in [0.5, 0.6) is 0 Å². The number of carbonyl (C=O) groups excluding carboxylic acids is 1. The summed E-state index contributed by atoms with van der Waals surface area (Å²) in [5, 5.41) is 6.92. The molecule has 2 N–H and O–H groups in total. The van der Waals surface area contributed by atoms with Gasteiger partial charge >= 0.3 is 0 Å². The second-order valence-corrected chi connectivity index (χ2v) is 5.49. The fourth-order valence-electron chi connectivity index (χ4n) is 2.52. The van der Waals surface area contributed by atoms with Gasteiger partial charge in [0.2, 0.25) is 0 Å². The molecular weight excluding hydrogens is 290 g/mol. The van der Waals surface area contributed by atoms with E-state index in [4.69, 9.17) is 0 Å². The number of nitrogens with one attached hydrogen (secondary N) is 2. The van der Waals surface area contributed by atoms with Crippen molar-refractivity contribution in [3.63, 3.8) is 0 Å². The zero-order valence-corrected chi connectivity index (χ0v) is 13.2. The minimum atomic E-state index is -0.123. The van der Waals surface area contributed by atoms with Crippen LogP contribution in [0.25, 0.3) is 0 Å². The maximum atomic E-state index is 12.9. The Morgan fingerprint density at radius 1 is 1.30 bits per heavy atom. The first kappa shape index (κ1) is 15.0. The molecule has 6 heteroatoms. The molecule has 1 atom stereocenters. The van der Waals surface area contributed by atoms with Gasteiger partial charge in [0, 0.05) is 18.1 Å². The fourth-order valence-corrected chi connectivity index (χ4v) is 2.52. The maximum Gasteiger partial charge on any atom is 0.275 e. The molecule has 0 aliphatic heterocycles. The van der Waals surface area contributed by atoms with Gasteiger partial charge in [-0.15, -0.1) is 0 Å². The zero-order valence-electron chi connectivity index (χ0n) is 13.2. The summed E-state index contributed by atoms with van der Waals surface area (Å²) in [5.74, 6) is 0.621. The van der Waals surface area contributed by atoms with Crippen molar-refractivity contribution in [2.75, 3.05) is 0 Å². The van der Waals surface area contributed by atoms with Crippen LogP contribution in [0.2, 0.25) is 0 Å². The van der Waals surface area contributed by atoms with E-state index in [1.165, 1.54) is 0 Å². The molecule has 23 heavy (non-hydrogen) atoms. The van der Waals surface area contributed by atoms with Crippen molar-refractivity contribution in [3.8, 4) is 0 Å². The van der Waals surface area contributed by atoms with Gasteiger partial charge < -0.3 is 9.88 Å². The summed E-state index contributed by atoms with van der Waals surface area (Å²) in [6, 6.07) is 11.6. The number of amides is 1. The molecule has 0 unspecified atom stereocenters. The van der Waals surface area contributed by atoms with Gasteiger partial charge in [0.15, 0.2) is 0 Å². The van der Waals surface area contributed by atoms with Crippen molar-refractivity contribution in [2.45, 2.75) is 26.4 Å². The summed E-state index contributed by atoms with van der Waals surface area (Å²) >= 11 is 0. The molecule has 0 spiro atoms. The number of aromatic amines is 2. The molecule has 0 aliphatic carbocycles. The molecule has 6 nitrogen and oxygen atoms in total. The number of aromatic nitrogens is 4. The standard InChI is InChI=1S/C17H19N5O/c1-12-10-15(21-20-12)17(23)22(11-16-18-8-9-19-16)13(2)14-6-4-3-5-7-14/h3-10,13H,11H2,1-2H3,(H,18,19)(H,20,21)/t13-/m1/s1. The van der Waals surface area contributed by atoms with Crippen molar-refractivity contribution < 1.29 is 4.79 Å². The van der Waals surface area contributed by atoms with E-state index in [1.54, 1.807) is 23.4 Å². The molecule has 0 saturated carbocycles. The van der Waals surface area contributed by atoms with Crippen molar-refractivity contribution >= 4 is 5.91 Å². The van der Waals surface area contributed by atoms with Crippen LogP contribution in [0, 0.1) is 6.92 Å². The van der Waals surface area contributed by atoms with E-state index < -0.39 is 0 Å². The maximum absolute atomic E-state index is 12.9. The highest BCUT2D eigenvalue weighted by Crippen LogP contribution is 2.23. The SMILES string of the molecule is Cc1cc(C(=O)N(Cc2ncc[nH]2)[C@H](C)c2ccccc2)n[nH]1. The van der Waals surface area contributed by atoms with Crippen LogP contribution < -0.4 is 0 Å². The van der Waals surface area contributed by atoms with Crippen LogP contribution >= 0.6 is 0 Å². The van der Waals surface area contributed by atoms with E-state index in [1.807, 2.05) is 44.2 Å².